The van der Waals surface area contributed by atoms with E-state index in [4.69, 9.17) is 14.6 Å². The van der Waals surface area contributed by atoms with Crippen LogP contribution in [0.4, 0.5) is 10.5 Å². The van der Waals surface area contributed by atoms with Gasteiger partial charge in [-0.2, -0.15) is 0 Å². The number of hydrogen-bond acceptors (Lipinski definition) is 6. The van der Waals surface area contributed by atoms with Crippen molar-refractivity contribution in [1.82, 2.24) is 10.3 Å². The van der Waals surface area contributed by atoms with Crippen molar-refractivity contribution in [3.8, 4) is 11.1 Å². The number of carboxylic acids is 1. The third-order valence-corrected chi connectivity index (χ3v) is 6.97. The molecular weight excluding hydrogens is 522 g/mol. The molecule has 0 saturated carbocycles. The van der Waals surface area contributed by atoms with E-state index in [2.05, 4.69) is 27.8 Å². The van der Waals surface area contributed by atoms with Crippen molar-refractivity contribution < 1.29 is 29.0 Å². The van der Waals surface area contributed by atoms with Gasteiger partial charge in [0.05, 0.1) is 24.6 Å². The molecule has 208 valence electrons. The average Bonchev–Trinajstić information content (AvgIpc) is 3.32. The molecule has 3 aromatic carbocycles. The lowest BCUT2D eigenvalue weighted by Gasteiger charge is -2.25. The Bertz CT molecular complexity index is 1500. The van der Waals surface area contributed by atoms with E-state index in [1.165, 1.54) is 18.3 Å². The number of nitrogens with zero attached hydrogens (tertiary/aromatic N) is 1. The molecule has 2 amide bonds. The predicted octanol–water partition coefficient (Wildman–Crippen LogP) is 5.23. The number of pyridine rings is 1. The number of nitrogens with one attached hydrogen (secondary N) is 2. The standard InChI is InChI=1S/C32H29N3O6/c1-20(40-18-21-9-3-2-4-10-21)29(30(36)34-22-15-16-28(31(37)38)33-17-22)35-32(39)41-19-27-25-13-7-5-11-23(25)24-12-6-8-14-26(24)27/h2-17,20,27,29H,18-19H2,1H3,(H,34,36)(H,35,39)(H,37,38)/t20-,29+/m0/s1. The zero-order valence-electron chi connectivity index (χ0n) is 22.3. The second-order valence-electron chi connectivity index (χ2n) is 9.68. The molecule has 4 aromatic rings. The molecule has 9 nitrogen and oxygen atoms in total. The monoisotopic (exact) mass is 551 g/mol. The van der Waals surface area contributed by atoms with E-state index in [0.29, 0.717) is 0 Å². The Labute approximate surface area is 237 Å². The Balaban J connectivity index is 1.28. The zero-order valence-corrected chi connectivity index (χ0v) is 22.3. The first-order valence-electron chi connectivity index (χ1n) is 13.2. The maximum absolute atomic E-state index is 13.3. The minimum atomic E-state index is -1.18. The van der Waals surface area contributed by atoms with Gasteiger partial charge in [-0.3, -0.25) is 4.79 Å². The van der Waals surface area contributed by atoms with Crippen LogP contribution in [0.25, 0.3) is 11.1 Å². The maximum atomic E-state index is 13.3. The second kappa shape index (κ2) is 12.4. The van der Waals surface area contributed by atoms with Gasteiger partial charge in [0, 0.05) is 5.92 Å². The van der Waals surface area contributed by atoms with Crippen LogP contribution < -0.4 is 10.6 Å². The fourth-order valence-electron chi connectivity index (χ4n) is 4.88. The lowest BCUT2D eigenvalue weighted by molar-refractivity contribution is -0.121. The number of carboxylic acid groups (broad SMARTS) is 1. The minimum Gasteiger partial charge on any atom is -0.477 e. The minimum absolute atomic E-state index is 0.0913. The van der Waals surface area contributed by atoms with Crippen molar-refractivity contribution in [2.75, 3.05) is 11.9 Å². The van der Waals surface area contributed by atoms with Crippen LogP contribution in [0.5, 0.6) is 0 Å². The third kappa shape index (κ3) is 6.42. The summed E-state index contributed by atoms with van der Waals surface area (Å²) < 4.78 is 11.6. The predicted molar refractivity (Wildman–Crippen MR) is 153 cm³/mol. The van der Waals surface area contributed by atoms with E-state index in [9.17, 15) is 14.4 Å². The van der Waals surface area contributed by atoms with Crippen LogP contribution in [0, 0.1) is 0 Å². The molecule has 1 heterocycles. The van der Waals surface area contributed by atoms with Crippen LogP contribution in [0.3, 0.4) is 0 Å². The molecule has 0 spiro atoms. The van der Waals surface area contributed by atoms with Crippen molar-refractivity contribution in [3.63, 3.8) is 0 Å². The summed E-state index contributed by atoms with van der Waals surface area (Å²) in [6, 6.07) is 27.1. The first-order chi connectivity index (χ1) is 19.9. The fourth-order valence-corrected chi connectivity index (χ4v) is 4.88. The van der Waals surface area contributed by atoms with Crippen LogP contribution >= 0.6 is 0 Å². The topological polar surface area (TPSA) is 127 Å². The summed E-state index contributed by atoms with van der Waals surface area (Å²) in [5.74, 6) is -1.88. The highest BCUT2D eigenvalue weighted by molar-refractivity contribution is 5.97. The largest absolute Gasteiger partial charge is 0.477 e. The van der Waals surface area contributed by atoms with Crippen LogP contribution in [-0.4, -0.2) is 46.8 Å². The number of aromatic carboxylic acids is 1. The van der Waals surface area contributed by atoms with Gasteiger partial charge in [-0.05, 0) is 46.9 Å². The van der Waals surface area contributed by atoms with E-state index in [0.717, 1.165) is 27.8 Å². The maximum Gasteiger partial charge on any atom is 0.407 e. The van der Waals surface area contributed by atoms with Crippen molar-refractivity contribution in [2.24, 2.45) is 0 Å². The molecule has 1 aliphatic rings. The lowest BCUT2D eigenvalue weighted by atomic mass is 9.98. The van der Waals surface area contributed by atoms with Gasteiger partial charge in [0.25, 0.3) is 0 Å². The molecule has 0 fully saturated rings. The first kappa shape index (κ1) is 27.5. The van der Waals surface area contributed by atoms with Gasteiger partial charge < -0.3 is 25.2 Å². The van der Waals surface area contributed by atoms with Crippen molar-refractivity contribution in [3.05, 3.63) is 120 Å². The molecule has 1 aromatic heterocycles. The summed E-state index contributed by atoms with van der Waals surface area (Å²) in [6.45, 7) is 2.00. The number of carbonyl (C=O) groups is 3. The van der Waals surface area contributed by atoms with E-state index in [1.54, 1.807) is 6.92 Å². The Hall–Kier alpha value is -5.02. The van der Waals surface area contributed by atoms with E-state index in [1.807, 2.05) is 66.7 Å². The van der Waals surface area contributed by atoms with Crippen molar-refractivity contribution in [1.29, 1.82) is 0 Å². The van der Waals surface area contributed by atoms with Crippen LogP contribution in [0.1, 0.15) is 40.0 Å². The number of benzene rings is 3. The normalized spacial score (nSPS) is 13.4. The van der Waals surface area contributed by atoms with Crippen LogP contribution in [-0.2, 0) is 20.9 Å². The van der Waals surface area contributed by atoms with Crippen molar-refractivity contribution in [2.45, 2.75) is 31.6 Å². The lowest BCUT2D eigenvalue weighted by Crippen LogP contribution is -2.51. The number of alkyl carbamates (subject to hydrolysis) is 1. The van der Waals surface area contributed by atoms with Gasteiger partial charge in [0.1, 0.15) is 18.3 Å². The molecule has 9 heteroatoms. The van der Waals surface area contributed by atoms with Crippen LogP contribution in [0.2, 0.25) is 0 Å². The van der Waals surface area contributed by atoms with E-state index in [-0.39, 0.29) is 30.5 Å². The van der Waals surface area contributed by atoms with Crippen molar-refractivity contribution >= 4 is 23.7 Å². The first-order valence-corrected chi connectivity index (χ1v) is 13.2. The fraction of sp³-hybridized carbons (Fsp3) is 0.188. The van der Waals surface area contributed by atoms with Gasteiger partial charge in [-0.1, -0.05) is 78.9 Å². The summed E-state index contributed by atoms with van der Waals surface area (Å²) in [6.07, 6.45) is -0.259. The molecule has 0 aliphatic heterocycles. The third-order valence-electron chi connectivity index (χ3n) is 6.97. The average molecular weight is 552 g/mol. The van der Waals surface area contributed by atoms with E-state index < -0.39 is 30.1 Å². The Morgan fingerprint density at radius 2 is 1.51 bits per heavy atom. The number of aromatic nitrogens is 1. The van der Waals surface area contributed by atoms with Gasteiger partial charge >= 0.3 is 12.1 Å². The smallest absolute Gasteiger partial charge is 0.407 e. The highest BCUT2D eigenvalue weighted by Crippen LogP contribution is 2.44. The second-order valence-corrected chi connectivity index (χ2v) is 9.68. The summed E-state index contributed by atoms with van der Waals surface area (Å²) in [5.41, 5.74) is 5.40. The molecule has 1 aliphatic carbocycles. The molecule has 0 radical (unpaired) electrons. The Morgan fingerprint density at radius 1 is 0.878 bits per heavy atom. The molecule has 0 bridgehead atoms. The van der Waals surface area contributed by atoms with Gasteiger partial charge in [0.2, 0.25) is 5.91 Å². The highest BCUT2D eigenvalue weighted by atomic mass is 16.5. The molecule has 5 rings (SSSR count). The number of anilines is 1. The molecule has 3 N–H and O–H groups in total. The quantitative estimate of drug-likeness (QED) is 0.246. The Morgan fingerprint density at radius 3 is 2.12 bits per heavy atom. The number of hydrogen-bond donors (Lipinski definition) is 3. The van der Waals surface area contributed by atoms with Gasteiger partial charge in [-0.15, -0.1) is 0 Å². The summed E-state index contributed by atoms with van der Waals surface area (Å²) >= 11 is 0. The van der Waals surface area contributed by atoms with Crippen LogP contribution in [0.15, 0.2) is 97.2 Å². The van der Waals surface area contributed by atoms with E-state index >= 15 is 0 Å². The molecular formula is C32H29N3O6. The SMILES string of the molecule is C[C@H](OCc1ccccc1)[C@@H](NC(=O)OCC1c2ccccc2-c2ccccc21)C(=O)Nc1ccc(C(=O)O)nc1. The number of rotatable bonds is 10. The van der Waals surface area contributed by atoms with Gasteiger partial charge in [0.15, 0.2) is 0 Å². The van der Waals surface area contributed by atoms with Gasteiger partial charge in [-0.25, -0.2) is 14.6 Å². The number of fused-ring (bicyclic) bond motifs is 3. The number of amides is 2. The molecule has 2 atom stereocenters. The number of ether oxygens (including phenoxy) is 2. The molecule has 41 heavy (non-hydrogen) atoms. The summed E-state index contributed by atoms with van der Waals surface area (Å²) in [5, 5.41) is 14.4. The molecule has 0 saturated heterocycles. The summed E-state index contributed by atoms with van der Waals surface area (Å²) in [4.78, 5) is 41.3. The zero-order chi connectivity index (χ0) is 28.8. The number of carbonyl (C=O) groups excluding carboxylic acids is 2. The highest BCUT2D eigenvalue weighted by Gasteiger charge is 2.31. The molecule has 0 unspecified atom stereocenters. The Kier molecular flexibility index (Phi) is 8.36. The summed E-state index contributed by atoms with van der Waals surface area (Å²) in [7, 11) is 0.